The molecule has 142 valence electrons. The second-order valence-electron chi connectivity index (χ2n) is 6.92. The maximum Gasteiger partial charge on any atom is 0.156 e. The molecule has 0 saturated carbocycles. The normalized spacial score (nSPS) is 16.9. The van der Waals surface area contributed by atoms with Gasteiger partial charge in [-0.2, -0.15) is 0 Å². The number of fused-ring (bicyclic) bond motifs is 1. The molecule has 4 rings (SSSR count). The molecule has 7 heteroatoms. The number of aromatic nitrogens is 4. The first-order valence-electron chi connectivity index (χ1n) is 9.35. The summed E-state index contributed by atoms with van der Waals surface area (Å²) >= 11 is 0. The number of hydrogen-bond donors (Lipinski definition) is 2. The highest BCUT2D eigenvalue weighted by Gasteiger charge is 2.20. The quantitative estimate of drug-likeness (QED) is 0.668. The van der Waals surface area contributed by atoms with E-state index in [1.54, 1.807) is 7.11 Å². The largest absolute Gasteiger partial charge is 0.381 e. The van der Waals surface area contributed by atoms with Gasteiger partial charge in [-0.3, -0.25) is 0 Å². The SMILES string of the molecule is COCc1nc(NCCc2nc3c(C)cccc3[nH]2)cc([C@H]2CCOC2)n1. The molecule has 1 aromatic carbocycles. The first kappa shape index (κ1) is 17.9. The van der Waals surface area contributed by atoms with Gasteiger partial charge < -0.3 is 19.8 Å². The van der Waals surface area contributed by atoms with Gasteiger partial charge in [-0.25, -0.2) is 15.0 Å². The van der Waals surface area contributed by atoms with Crippen molar-refractivity contribution in [3.63, 3.8) is 0 Å². The van der Waals surface area contributed by atoms with E-state index in [4.69, 9.17) is 14.5 Å². The maximum atomic E-state index is 5.50. The number of rotatable bonds is 7. The van der Waals surface area contributed by atoms with E-state index in [9.17, 15) is 0 Å². The minimum Gasteiger partial charge on any atom is -0.381 e. The van der Waals surface area contributed by atoms with Crippen molar-refractivity contribution in [2.45, 2.75) is 32.3 Å². The van der Waals surface area contributed by atoms with Crippen LogP contribution in [0, 0.1) is 6.92 Å². The zero-order chi connectivity index (χ0) is 18.6. The van der Waals surface area contributed by atoms with Gasteiger partial charge in [0.25, 0.3) is 0 Å². The number of methoxy groups -OCH3 is 1. The molecule has 1 atom stereocenters. The summed E-state index contributed by atoms with van der Waals surface area (Å²) in [6.45, 7) is 4.74. The molecule has 0 amide bonds. The Labute approximate surface area is 158 Å². The summed E-state index contributed by atoms with van der Waals surface area (Å²) in [7, 11) is 1.66. The van der Waals surface area contributed by atoms with Crippen LogP contribution in [0.4, 0.5) is 5.82 Å². The molecule has 1 aliphatic rings. The van der Waals surface area contributed by atoms with Crippen LogP contribution in [-0.2, 0) is 22.5 Å². The van der Waals surface area contributed by atoms with Crippen molar-refractivity contribution in [2.75, 3.05) is 32.2 Å². The fraction of sp³-hybridized carbons (Fsp3) is 0.450. The smallest absolute Gasteiger partial charge is 0.156 e. The third-order valence-corrected chi connectivity index (χ3v) is 4.85. The lowest BCUT2D eigenvalue weighted by molar-refractivity contribution is 0.177. The monoisotopic (exact) mass is 367 g/mol. The van der Waals surface area contributed by atoms with Gasteiger partial charge in [-0.1, -0.05) is 12.1 Å². The van der Waals surface area contributed by atoms with E-state index >= 15 is 0 Å². The second kappa shape index (κ2) is 8.02. The first-order chi connectivity index (χ1) is 13.2. The van der Waals surface area contributed by atoms with Crippen molar-refractivity contribution in [3.05, 3.63) is 47.2 Å². The molecule has 7 nitrogen and oxygen atoms in total. The van der Waals surface area contributed by atoms with Crippen LogP contribution in [0.5, 0.6) is 0 Å². The molecule has 2 aromatic heterocycles. The molecule has 27 heavy (non-hydrogen) atoms. The number of hydrogen-bond acceptors (Lipinski definition) is 6. The molecule has 1 aliphatic heterocycles. The van der Waals surface area contributed by atoms with Crippen molar-refractivity contribution in [1.29, 1.82) is 0 Å². The summed E-state index contributed by atoms with van der Waals surface area (Å²) in [6.07, 6.45) is 1.79. The Hall–Kier alpha value is -2.51. The number of anilines is 1. The van der Waals surface area contributed by atoms with Gasteiger partial charge in [0, 0.05) is 38.7 Å². The van der Waals surface area contributed by atoms with Crippen molar-refractivity contribution in [1.82, 2.24) is 19.9 Å². The fourth-order valence-corrected chi connectivity index (χ4v) is 3.43. The van der Waals surface area contributed by atoms with Crippen LogP contribution in [0.1, 0.15) is 35.2 Å². The van der Waals surface area contributed by atoms with Gasteiger partial charge >= 0.3 is 0 Å². The highest BCUT2D eigenvalue weighted by atomic mass is 16.5. The minimum atomic E-state index is 0.336. The van der Waals surface area contributed by atoms with Crippen LogP contribution in [0.25, 0.3) is 11.0 Å². The molecule has 0 unspecified atom stereocenters. The van der Waals surface area contributed by atoms with Crippen molar-refractivity contribution >= 4 is 16.9 Å². The number of aryl methyl sites for hydroxylation is 1. The summed E-state index contributed by atoms with van der Waals surface area (Å²) in [4.78, 5) is 17.3. The highest BCUT2D eigenvalue weighted by Crippen LogP contribution is 2.25. The predicted octanol–water partition coefficient (Wildman–Crippen LogP) is 2.97. The van der Waals surface area contributed by atoms with Crippen LogP contribution in [-0.4, -0.2) is 46.8 Å². The number of ether oxygens (including phenoxy) is 2. The van der Waals surface area contributed by atoms with Gasteiger partial charge in [-0.15, -0.1) is 0 Å². The van der Waals surface area contributed by atoms with Gasteiger partial charge in [-0.05, 0) is 25.0 Å². The number of H-pyrrole nitrogens is 1. The standard InChI is InChI=1S/C20H25N5O2/c1-13-4-3-5-15-20(13)25-17(22-15)6-8-21-18-10-16(14-7-9-27-11-14)23-19(24-18)12-26-2/h3-5,10,14H,6-9,11-12H2,1-2H3,(H,22,25)(H,21,23,24)/t14-/m0/s1. The van der Waals surface area contributed by atoms with Gasteiger partial charge in [0.1, 0.15) is 18.2 Å². The number of benzene rings is 1. The molecule has 0 bridgehead atoms. The second-order valence-corrected chi connectivity index (χ2v) is 6.92. The molecular weight excluding hydrogens is 342 g/mol. The lowest BCUT2D eigenvalue weighted by Gasteiger charge is -2.12. The maximum absolute atomic E-state index is 5.50. The zero-order valence-electron chi connectivity index (χ0n) is 15.8. The Balaban J connectivity index is 1.45. The van der Waals surface area contributed by atoms with E-state index < -0.39 is 0 Å². The molecular formula is C20H25N5O2. The van der Waals surface area contributed by atoms with Crippen LogP contribution in [0.15, 0.2) is 24.3 Å². The number of imidazole rings is 1. The summed E-state index contributed by atoms with van der Waals surface area (Å²) in [5.74, 6) is 2.83. The minimum absolute atomic E-state index is 0.336. The molecule has 0 radical (unpaired) electrons. The third kappa shape index (κ3) is 4.09. The van der Waals surface area contributed by atoms with Gasteiger partial charge in [0.05, 0.1) is 23.3 Å². The molecule has 3 aromatic rings. The van der Waals surface area contributed by atoms with Crippen LogP contribution in [0.2, 0.25) is 0 Å². The number of aromatic amines is 1. The summed E-state index contributed by atoms with van der Waals surface area (Å²) in [5.41, 5.74) is 4.33. The van der Waals surface area contributed by atoms with Crippen LogP contribution < -0.4 is 5.32 Å². The van der Waals surface area contributed by atoms with Gasteiger partial charge in [0.2, 0.25) is 0 Å². The van der Waals surface area contributed by atoms with Crippen molar-refractivity contribution in [3.8, 4) is 0 Å². The number of nitrogens with one attached hydrogen (secondary N) is 2. The highest BCUT2D eigenvalue weighted by molar-refractivity contribution is 5.78. The molecule has 0 spiro atoms. The lowest BCUT2D eigenvalue weighted by Crippen LogP contribution is -2.12. The van der Waals surface area contributed by atoms with E-state index in [1.165, 1.54) is 5.56 Å². The molecule has 2 N–H and O–H groups in total. The van der Waals surface area contributed by atoms with E-state index in [-0.39, 0.29) is 0 Å². The summed E-state index contributed by atoms with van der Waals surface area (Å²) in [6, 6.07) is 8.22. The lowest BCUT2D eigenvalue weighted by atomic mass is 10.0. The van der Waals surface area contributed by atoms with Crippen molar-refractivity contribution < 1.29 is 9.47 Å². The molecule has 1 fully saturated rings. The van der Waals surface area contributed by atoms with Crippen LogP contribution in [0.3, 0.4) is 0 Å². The fourth-order valence-electron chi connectivity index (χ4n) is 3.43. The number of nitrogens with zero attached hydrogens (tertiary/aromatic N) is 3. The Morgan fingerprint density at radius 3 is 3.00 bits per heavy atom. The number of para-hydroxylation sites is 1. The van der Waals surface area contributed by atoms with E-state index in [2.05, 4.69) is 39.3 Å². The first-order valence-corrected chi connectivity index (χ1v) is 9.35. The predicted molar refractivity (Wildman–Crippen MR) is 104 cm³/mol. The third-order valence-electron chi connectivity index (χ3n) is 4.85. The summed E-state index contributed by atoms with van der Waals surface area (Å²) < 4.78 is 10.7. The average Bonchev–Trinajstić information content (AvgIpc) is 3.32. The topological polar surface area (TPSA) is 85.0 Å². The Morgan fingerprint density at radius 1 is 1.30 bits per heavy atom. The Morgan fingerprint density at radius 2 is 2.22 bits per heavy atom. The van der Waals surface area contributed by atoms with E-state index in [0.717, 1.165) is 61.0 Å². The molecule has 1 saturated heterocycles. The molecule has 3 heterocycles. The summed E-state index contributed by atoms with van der Waals surface area (Å²) in [5, 5.41) is 3.41. The Kier molecular flexibility index (Phi) is 5.31. The molecule has 0 aliphatic carbocycles. The van der Waals surface area contributed by atoms with Crippen LogP contribution >= 0.6 is 0 Å². The van der Waals surface area contributed by atoms with Crippen molar-refractivity contribution in [2.24, 2.45) is 0 Å². The van der Waals surface area contributed by atoms with E-state index in [0.29, 0.717) is 18.3 Å². The average molecular weight is 367 g/mol. The van der Waals surface area contributed by atoms with E-state index in [1.807, 2.05) is 12.1 Å². The Bertz CT molecular complexity index is 918. The van der Waals surface area contributed by atoms with Gasteiger partial charge in [0.15, 0.2) is 5.82 Å². The zero-order valence-corrected chi connectivity index (χ0v) is 15.8.